The topological polar surface area (TPSA) is 54.9 Å². The Balaban J connectivity index is 2.21. The number of carbonyl (C=O) groups is 1. The van der Waals surface area contributed by atoms with Gasteiger partial charge in [0.2, 0.25) is 0 Å². The van der Waals surface area contributed by atoms with Gasteiger partial charge < -0.3 is 5.32 Å². The van der Waals surface area contributed by atoms with Gasteiger partial charge >= 0.3 is 0 Å². The number of rotatable bonds is 2. The van der Waals surface area contributed by atoms with Crippen molar-refractivity contribution in [1.82, 2.24) is 10.2 Å². The third-order valence-corrected chi connectivity index (χ3v) is 3.44. The first-order valence-corrected chi connectivity index (χ1v) is 6.30. The molecule has 92 valence electrons. The van der Waals surface area contributed by atoms with Gasteiger partial charge in [-0.1, -0.05) is 33.6 Å². The van der Waals surface area contributed by atoms with Crippen LogP contribution in [0.4, 0.5) is 5.69 Å². The second-order valence-electron chi connectivity index (χ2n) is 3.61. The fourth-order valence-electron chi connectivity index (χ4n) is 1.37. The zero-order valence-corrected chi connectivity index (χ0v) is 11.8. The van der Waals surface area contributed by atoms with Crippen LogP contribution in [-0.2, 0) is 0 Å². The predicted octanol–water partition coefficient (Wildman–Crippen LogP) is 3.45. The van der Waals surface area contributed by atoms with Gasteiger partial charge in [0, 0.05) is 10.2 Å². The molecule has 1 N–H and O–H groups in total. The van der Waals surface area contributed by atoms with E-state index in [9.17, 15) is 4.79 Å². The number of anilines is 1. The molecule has 0 saturated carbocycles. The van der Waals surface area contributed by atoms with Crippen LogP contribution in [0.25, 0.3) is 0 Å². The highest BCUT2D eigenvalue weighted by Gasteiger charge is 2.10. The summed E-state index contributed by atoms with van der Waals surface area (Å²) in [6.07, 6.45) is 0. The monoisotopic (exact) mass is 325 g/mol. The highest BCUT2D eigenvalue weighted by molar-refractivity contribution is 9.10. The van der Waals surface area contributed by atoms with Crippen molar-refractivity contribution >= 4 is 39.1 Å². The highest BCUT2D eigenvalue weighted by atomic mass is 79.9. The molecule has 0 fully saturated rings. The molecule has 2 aromatic rings. The summed E-state index contributed by atoms with van der Waals surface area (Å²) in [7, 11) is 0. The van der Waals surface area contributed by atoms with Gasteiger partial charge in [0.25, 0.3) is 5.91 Å². The van der Waals surface area contributed by atoms with Crippen LogP contribution in [0, 0.1) is 6.92 Å². The van der Waals surface area contributed by atoms with E-state index in [1.165, 1.54) is 12.1 Å². The van der Waals surface area contributed by atoms with E-state index in [1.54, 1.807) is 0 Å². The average Bonchev–Trinajstić information content (AvgIpc) is 2.36. The molecule has 4 nitrogen and oxygen atoms in total. The van der Waals surface area contributed by atoms with Crippen molar-refractivity contribution in [1.29, 1.82) is 0 Å². The normalized spacial score (nSPS) is 10.2. The molecule has 0 unspecified atom stereocenters. The van der Waals surface area contributed by atoms with Crippen LogP contribution in [0.3, 0.4) is 0 Å². The van der Waals surface area contributed by atoms with Crippen LogP contribution in [0.15, 0.2) is 34.8 Å². The van der Waals surface area contributed by atoms with Crippen LogP contribution in [0.2, 0.25) is 5.15 Å². The van der Waals surface area contributed by atoms with Gasteiger partial charge in [-0.15, -0.1) is 10.2 Å². The number of carbonyl (C=O) groups excluding carboxylic acids is 1. The molecular formula is C12H9BrClN3O. The second-order valence-corrected chi connectivity index (χ2v) is 4.85. The standard InChI is InChI=1S/C12H9BrClN3O/c1-7-8(13)3-2-4-9(7)15-12(18)10-5-6-11(14)17-16-10/h2-6H,1H3,(H,15,18). The molecule has 1 amide bonds. The molecule has 1 aromatic heterocycles. The third kappa shape index (κ3) is 2.86. The van der Waals surface area contributed by atoms with Crippen molar-refractivity contribution in [2.45, 2.75) is 6.92 Å². The second kappa shape index (κ2) is 5.46. The first-order chi connectivity index (χ1) is 8.58. The van der Waals surface area contributed by atoms with E-state index >= 15 is 0 Å². The lowest BCUT2D eigenvalue weighted by Gasteiger charge is -2.08. The Kier molecular flexibility index (Phi) is 3.93. The van der Waals surface area contributed by atoms with E-state index < -0.39 is 0 Å². The van der Waals surface area contributed by atoms with Crippen molar-refractivity contribution < 1.29 is 4.79 Å². The van der Waals surface area contributed by atoms with Crippen LogP contribution in [-0.4, -0.2) is 16.1 Å². The molecule has 2 rings (SSSR count). The number of hydrogen-bond donors (Lipinski definition) is 1. The number of amides is 1. The van der Waals surface area contributed by atoms with E-state index in [1.807, 2.05) is 25.1 Å². The third-order valence-electron chi connectivity index (χ3n) is 2.38. The number of aromatic nitrogens is 2. The quantitative estimate of drug-likeness (QED) is 0.919. The first kappa shape index (κ1) is 13.0. The largest absolute Gasteiger partial charge is 0.320 e. The van der Waals surface area contributed by atoms with E-state index in [-0.39, 0.29) is 16.8 Å². The van der Waals surface area contributed by atoms with Crippen molar-refractivity contribution in [3.05, 3.63) is 51.2 Å². The van der Waals surface area contributed by atoms with Crippen LogP contribution < -0.4 is 5.32 Å². The Hall–Kier alpha value is -1.46. The molecule has 0 bridgehead atoms. The molecule has 18 heavy (non-hydrogen) atoms. The molecule has 0 saturated heterocycles. The van der Waals surface area contributed by atoms with Gasteiger partial charge in [-0.25, -0.2) is 0 Å². The molecule has 1 heterocycles. The van der Waals surface area contributed by atoms with Gasteiger partial charge in [-0.2, -0.15) is 0 Å². The van der Waals surface area contributed by atoms with Crippen LogP contribution in [0.5, 0.6) is 0 Å². The maximum Gasteiger partial charge on any atom is 0.276 e. The lowest BCUT2D eigenvalue weighted by molar-refractivity contribution is 0.102. The maximum atomic E-state index is 11.9. The summed E-state index contributed by atoms with van der Waals surface area (Å²) in [5.74, 6) is -0.319. The number of halogens is 2. The minimum absolute atomic E-state index is 0.221. The van der Waals surface area contributed by atoms with Gasteiger partial charge in [0.15, 0.2) is 10.8 Å². The lowest BCUT2D eigenvalue weighted by Crippen LogP contribution is -2.15. The summed E-state index contributed by atoms with van der Waals surface area (Å²) >= 11 is 9.02. The Morgan fingerprint density at radius 1 is 1.28 bits per heavy atom. The Bertz CT molecular complexity index is 586. The maximum absolute atomic E-state index is 11.9. The van der Waals surface area contributed by atoms with E-state index in [4.69, 9.17) is 11.6 Å². The van der Waals surface area contributed by atoms with Crippen molar-refractivity contribution in [2.75, 3.05) is 5.32 Å². The predicted molar refractivity (Wildman–Crippen MR) is 73.9 cm³/mol. The molecule has 0 aliphatic heterocycles. The molecule has 0 atom stereocenters. The van der Waals surface area contributed by atoms with Crippen LogP contribution >= 0.6 is 27.5 Å². The van der Waals surface area contributed by atoms with Gasteiger partial charge in [0.05, 0.1) is 0 Å². The van der Waals surface area contributed by atoms with Crippen molar-refractivity contribution in [3.8, 4) is 0 Å². The van der Waals surface area contributed by atoms with E-state index in [0.29, 0.717) is 0 Å². The summed E-state index contributed by atoms with van der Waals surface area (Å²) in [5.41, 5.74) is 1.90. The minimum atomic E-state index is -0.319. The summed E-state index contributed by atoms with van der Waals surface area (Å²) in [6, 6.07) is 8.63. The fourth-order valence-corrected chi connectivity index (χ4v) is 1.83. The summed E-state index contributed by atoms with van der Waals surface area (Å²) < 4.78 is 0.933. The lowest BCUT2D eigenvalue weighted by atomic mass is 10.2. The molecule has 0 aliphatic rings. The Morgan fingerprint density at radius 2 is 2.06 bits per heavy atom. The first-order valence-electron chi connectivity index (χ1n) is 5.13. The SMILES string of the molecule is Cc1c(Br)cccc1NC(=O)c1ccc(Cl)nn1. The number of nitrogens with one attached hydrogen (secondary N) is 1. The van der Waals surface area contributed by atoms with Gasteiger partial charge in [0.1, 0.15) is 0 Å². The summed E-state index contributed by atoms with van der Waals surface area (Å²) in [5, 5.41) is 10.4. The zero-order chi connectivity index (χ0) is 13.1. The molecule has 0 spiro atoms. The zero-order valence-electron chi connectivity index (χ0n) is 9.45. The smallest absolute Gasteiger partial charge is 0.276 e. The fraction of sp³-hybridized carbons (Fsp3) is 0.0833. The number of hydrogen-bond acceptors (Lipinski definition) is 3. The Labute approximate surface area is 118 Å². The van der Waals surface area contributed by atoms with Crippen LogP contribution in [0.1, 0.15) is 16.1 Å². The molecular weight excluding hydrogens is 318 g/mol. The summed E-state index contributed by atoms with van der Waals surface area (Å²) in [6.45, 7) is 1.91. The number of benzene rings is 1. The molecule has 0 radical (unpaired) electrons. The van der Waals surface area contributed by atoms with Gasteiger partial charge in [-0.3, -0.25) is 4.79 Å². The minimum Gasteiger partial charge on any atom is -0.320 e. The van der Waals surface area contributed by atoms with Crippen molar-refractivity contribution in [3.63, 3.8) is 0 Å². The van der Waals surface area contributed by atoms with E-state index in [0.717, 1.165) is 15.7 Å². The van der Waals surface area contributed by atoms with Gasteiger partial charge in [-0.05, 0) is 36.8 Å². The molecule has 0 aliphatic carbocycles. The highest BCUT2D eigenvalue weighted by Crippen LogP contribution is 2.23. The molecule has 6 heteroatoms. The number of nitrogens with zero attached hydrogens (tertiary/aromatic N) is 2. The molecule has 1 aromatic carbocycles. The Morgan fingerprint density at radius 3 is 2.72 bits per heavy atom. The average molecular weight is 327 g/mol. The van der Waals surface area contributed by atoms with E-state index in [2.05, 4.69) is 31.4 Å². The van der Waals surface area contributed by atoms with Crippen molar-refractivity contribution in [2.24, 2.45) is 0 Å². The summed E-state index contributed by atoms with van der Waals surface area (Å²) in [4.78, 5) is 11.9.